The lowest BCUT2D eigenvalue weighted by Crippen LogP contribution is -2.48. The normalized spacial score (nSPS) is 12.6. The zero-order valence-electron chi connectivity index (χ0n) is 22.6. The van der Waals surface area contributed by atoms with E-state index in [4.69, 9.17) is 4.52 Å². The van der Waals surface area contributed by atoms with Crippen molar-refractivity contribution in [2.75, 3.05) is 38.1 Å². The summed E-state index contributed by atoms with van der Waals surface area (Å²) in [5.74, 6) is -0.233. The van der Waals surface area contributed by atoms with Gasteiger partial charge in [0.2, 0.25) is 5.91 Å². The molecule has 0 radical (unpaired) electrons. The van der Waals surface area contributed by atoms with E-state index < -0.39 is 0 Å². The Labute approximate surface area is 236 Å². The molecule has 2 N–H and O–H groups in total. The predicted molar refractivity (Wildman–Crippen MR) is 155 cm³/mol. The van der Waals surface area contributed by atoms with Crippen molar-refractivity contribution in [1.82, 2.24) is 25.8 Å². The number of anilines is 1. The number of carbonyl (C=O) groups excluding carboxylic acids is 2. The number of benzene rings is 2. The van der Waals surface area contributed by atoms with Gasteiger partial charge in [0.05, 0.1) is 18.8 Å². The number of nitrogens with zero attached hydrogens (tertiary/aromatic N) is 4. The Morgan fingerprint density at radius 2 is 1.71 bits per heavy atom. The minimum atomic E-state index is -0.141. The van der Waals surface area contributed by atoms with Gasteiger partial charge in [-0.05, 0) is 36.6 Å². The number of nitrogens with one attached hydrogen (secondary N) is 2. The highest BCUT2D eigenvalue weighted by molar-refractivity contribution is 5.90. The second kappa shape index (κ2) is 13.8. The van der Waals surface area contributed by atoms with E-state index in [2.05, 4.69) is 41.8 Å². The Morgan fingerprint density at radius 1 is 1.05 bits per heavy atom. The summed E-state index contributed by atoms with van der Waals surface area (Å²) < 4.78 is 5.48. The average Bonchev–Trinajstić information content (AvgIpc) is 3.43. The predicted octanol–water partition coefficient (Wildman–Crippen LogP) is 3.60. The van der Waals surface area contributed by atoms with Crippen LogP contribution in [0.3, 0.4) is 0 Å². The summed E-state index contributed by atoms with van der Waals surface area (Å²) in [5.41, 5.74) is 5.63. The number of halogens is 2. The van der Waals surface area contributed by atoms with Crippen molar-refractivity contribution in [3.63, 3.8) is 0 Å². The van der Waals surface area contributed by atoms with Crippen LogP contribution < -0.4 is 15.5 Å². The van der Waals surface area contributed by atoms with Gasteiger partial charge in [-0.25, -0.2) is 5.01 Å². The molecule has 11 heteroatoms. The third-order valence-electron chi connectivity index (χ3n) is 6.58. The van der Waals surface area contributed by atoms with Gasteiger partial charge in [-0.3, -0.25) is 14.6 Å². The summed E-state index contributed by atoms with van der Waals surface area (Å²) in [4.78, 5) is 28.1. The summed E-state index contributed by atoms with van der Waals surface area (Å²) in [6.45, 7) is 10.7. The highest BCUT2D eigenvalue weighted by Gasteiger charge is 2.27. The summed E-state index contributed by atoms with van der Waals surface area (Å²) >= 11 is 0. The van der Waals surface area contributed by atoms with Gasteiger partial charge in [-0.2, -0.15) is 0 Å². The topological polar surface area (TPSA) is 93.9 Å². The zero-order valence-corrected chi connectivity index (χ0v) is 24.2. The van der Waals surface area contributed by atoms with Crippen LogP contribution in [0.1, 0.15) is 36.2 Å². The lowest BCUT2D eigenvalue weighted by atomic mass is 10.1. The molecular weight excluding hydrogens is 527 g/mol. The standard InChI is InChI=1S/C27H36N6O3.2ClH/c1-18(2)28-10-11-29-26(34)16-32(24-13-25-23(12-19(24)3)20(4)30-36-25)17-27(35)31(5)33-14-21-8-6-7-9-22(21)15-33;;/h6-9,12-13,18,28H,10-11,14-17H2,1-5H3,(H,29,34);2*1H. The maximum atomic E-state index is 13.4. The highest BCUT2D eigenvalue weighted by Crippen LogP contribution is 2.29. The molecule has 1 aliphatic heterocycles. The monoisotopic (exact) mass is 564 g/mol. The molecule has 0 bridgehead atoms. The molecule has 0 atom stereocenters. The smallest absolute Gasteiger partial charge is 0.256 e. The largest absolute Gasteiger partial charge is 0.356 e. The quantitative estimate of drug-likeness (QED) is 0.363. The van der Waals surface area contributed by atoms with Crippen LogP contribution in [0, 0.1) is 13.8 Å². The van der Waals surface area contributed by atoms with E-state index >= 15 is 0 Å². The van der Waals surface area contributed by atoms with Gasteiger partial charge in [0.25, 0.3) is 5.91 Å². The maximum absolute atomic E-state index is 13.4. The molecule has 1 aliphatic rings. The van der Waals surface area contributed by atoms with Crippen molar-refractivity contribution in [2.45, 2.75) is 46.8 Å². The van der Waals surface area contributed by atoms with E-state index in [-0.39, 0.29) is 49.7 Å². The first-order valence-electron chi connectivity index (χ1n) is 12.4. The van der Waals surface area contributed by atoms with Gasteiger partial charge in [-0.15, -0.1) is 24.8 Å². The first kappa shape index (κ1) is 31.4. The van der Waals surface area contributed by atoms with Crippen molar-refractivity contribution < 1.29 is 14.1 Å². The molecule has 38 heavy (non-hydrogen) atoms. The number of rotatable bonds is 10. The van der Waals surface area contributed by atoms with Crippen molar-refractivity contribution in [3.8, 4) is 0 Å². The van der Waals surface area contributed by atoms with E-state index in [1.54, 1.807) is 12.1 Å². The second-order valence-electron chi connectivity index (χ2n) is 9.73. The lowest BCUT2D eigenvalue weighted by molar-refractivity contribution is -0.145. The highest BCUT2D eigenvalue weighted by atomic mass is 35.5. The maximum Gasteiger partial charge on any atom is 0.256 e. The number of aryl methyl sites for hydroxylation is 2. The number of likely N-dealkylation sites (N-methyl/N-ethyl adjacent to an activating group) is 1. The Morgan fingerprint density at radius 3 is 2.34 bits per heavy atom. The van der Waals surface area contributed by atoms with Crippen molar-refractivity contribution in [1.29, 1.82) is 0 Å². The number of amides is 2. The first-order valence-corrected chi connectivity index (χ1v) is 12.4. The number of carbonyl (C=O) groups is 2. The molecule has 0 fully saturated rings. The van der Waals surface area contributed by atoms with Crippen LogP contribution in [-0.4, -0.2) is 66.3 Å². The van der Waals surface area contributed by atoms with Crippen LogP contribution in [0.2, 0.25) is 0 Å². The van der Waals surface area contributed by atoms with Crippen LogP contribution in [0.25, 0.3) is 11.0 Å². The summed E-state index contributed by atoms with van der Waals surface area (Å²) in [6, 6.07) is 12.4. The van der Waals surface area contributed by atoms with Gasteiger partial charge < -0.3 is 20.1 Å². The number of hydrogen-bond donors (Lipinski definition) is 2. The molecule has 0 unspecified atom stereocenters. The van der Waals surface area contributed by atoms with E-state index in [9.17, 15) is 9.59 Å². The fourth-order valence-electron chi connectivity index (χ4n) is 4.51. The minimum Gasteiger partial charge on any atom is -0.356 e. The number of fused-ring (bicyclic) bond motifs is 2. The van der Waals surface area contributed by atoms with Crippen LogP contribution in [0.15, 0.2) is 40.9 Å². The number of hydrogen-bond acceptors (Lipinski definition) is 7. The average molecular weight is 566 g/mol. The van der Waals surface area contributed by atoms with Crippen LogP contribution in [0.5, 0.6) is 0 Å². The fraction of sp³-hybridized carbons (Fsp3) is 0.444. The van der Waals surface area contributed by atoms with Crippen LogP contribution >= 0.6 is 24.8 Å². The van der Waals surface area contributed by atoms with Crippen molar-refractivity contribution >= 4 is 53.3 Å². The van der Waals surface area contributed by atoms with Crippen LogP contribution in [0.4, 0.5) is 5.69 Å². The molecule has 1 aromatic heterocycles. The lowest BCUT2D eigenvalue weighted by Gasteiger charge is -2.32. The Bertz CT molecular complexity index is 1220. The molecule has 208 valence electrons. The zero-order chi connectivity index (χ0) is 25.8. The molecular formula is C27H38Cl2N6O3. The SMILES string of the molecule is Cc1cc2c(C)noc2cc1N(CC(=O)NCCNC(C)C)CC(=O)N(C)N1Cc2ccccc2C1.Cl.Cl. The molecule has 0 saturated carbocycles. The molecule has 0 spiro atoms. The van der Waals surface area contributed by atoms with E-state index in [1.807, 2.05) is 48.0 Å². The molecule has 0 aliphatic carbocycles. The van der Waals surface area contributed by atoms with Gasteiger partial charge in [0.15, 0.2) is 5.58 Å². The summed E-state index contributed by atoms with van der Waals surface area (Å²) in [6.07, 6.45) is 0. The number of hydrazine groups is 1. The molecule has 0 saturated heterocycles. The third kappa shape index (κ3) is 7.38. The molecule has 9 nitrogen and oxygen atoms in total. The Balaban J connectivity index is 0.00000253. The molecule has 2 amide bonds. The van der Waals surface area contributed by atoms with Gasteiger partial charge in [0.1, 0.15) is 0 Å². The van der Waals surface area contributed by atoms with Gasteiger partial charge in [0, 0.05) is 56.4 Å². The van der Waals surface area contributed by atoms with E-state index in [0.29, 0.717) is 37.8 Å². The van der Waals surface area contributed by atoms with E-state index in [1.165, 1.54) is 11.1 Å². The Hall–Kier alpha value is -2.85. The van der Waals surface area contributed by atoms with Crippen LogP contribution in [-0.2, 0) is 22.7 Å². The molecule has 2 heterocycles. The molecule has 3 aromatic rings. The third-order valence-corrected chi connectivity index (χ3v) is 6.58. The summed E-state index contributed by atoms with van der Waals surface area (Å²) in [5, 5.41) is 14.9. The van der Waals surface area contributed by atoms with Gasteiger partial charge >= 0.3 is 0 Å². The minimum absolute atomic E-state index is 0. The second-order valence-corrected chi connectivity index (χ2v) is 9.73. The van der Waals surface area contributed by atoms with Crippen molar-refractivity contribution in [3.05, 3.63) is 58.8 Å². The molecule has 2 aromatic carbocycles. The Kier molecular flexibility index (Phi) is 11.4. The number of aromatic nitrogens is 1. The van der Waals surface area contributed by atoms with Gasteiger partial charge in [-0.1, -0.05) is 43.3 Å². The fourth-order valence-corrected chi connectivity index (χ4v) is 4.51. The molecule has 4 rings (SSSR count). The van der Waals surface area contributed by atoms with E-state index in [0.717, 1.165) is 22.3 Å². The van der Waals surface area contributed by atoms with Crippen molar-refractivity contribution in [2.24, 2.45) is 0 Å². The first-order chi connectivity index (χ1) is 17.2. The summed E-state index contributed by atoms with van der Waals surface area (Å²) in [7, 11) is 1.79.